The van der Waals surface area contributed by atoms with Crippen molar-refractivity contribution < 1.29 is 0 Å². The molecule has 0 saturated carbocycles. The molecule has 5 rings (SSSR count). The van der Waals surface area contributed by atoms with Gasteiger partial charge < -0.3 is 9.80 Å². The Hall–Kier alpha value is -2.59. The smallest absolute Gasteiger partial charge is 0.227 e. The normalized spacial score (nSPS) is 16.2. The molecule has 0 amide bonds. The van der Waals surface area contributed by atoms with Crippen molar-refractivity contribution in [2.24, 2.45) is 0 Å². The van der Waals surface area contributed by atoms with Gasteiger partial charge >= 0.3 is 0 Å². The number of nitrogens with zero attached hydrogens (tertiary/aromatic N) is 4. The van der Waals surface area contributed by atoms with E-state index in [-0.39, 0.29) is 0 Å². The van der Waals surface area contributed by atoms with Crippen LogP contribution in [0.1, 0.15) is 30.4 Å². The van der Waals surface area contributed by atoms with Crippen molar-refractivity contribution in [2.45, 2.75) is 32.6 Å². The Morgan fingerprint density at radius 1 is 0.897 bits per heavy atom. The molecule has 148 valence electrons. The van der Waals surface area contributed by atoms with Crippen LogP contribution in [0.15, 0.2) is 48.5 Å². The molecule has 0 atom stereocenters. The highest BCUT2D eigenvalue weighted by atomic mass is 35.5. The van der Waals surface area contributed by atoms with Crippen molar-refractivity contribution in [1.29, 1.82) is 0 Å². The minimum atomic E-state index is 0.755. The van der Waals surface area contributed by atoms with E-state index >= 15 is 0 Å². The van der Waals surface area contributed by atoms with Gasteiger partial charge in [0.15, 0.2) is 0 Å². The summed E-state index contributed by atoms with van der Waals surface area (Å²) in [5, 5.41) is 0.755. The minimum absolute atomic E-state index is 0.755. The SMILES string of the molecule is Cc1cccc(-c2nc(N3CCCCC3)nc3c2CCN3c2ccc(Cl)cc2)c1. The molecule has 1 saturated heterocycles. The van der Waals surface area contributed by atoms with E-state index in [0.717, 1.165) is 54.2 Å². The van der Waals surface area contributed by atoms with E-state index in [1.807, 2.05) is 12.1 Å². The van der Waals surface area contributed by atoms with Gasteiger partial charge in [0.05, 0.1) is 5.69 Å². The molecule has 0 unspecified atom stereocenters. The van der Waals surface area contributed by atoms with E-state index in [2.05, 4.69) is 53.1 Å². The highest BCUT2D eigenvalue weighted by molar-refractivity contribution is 6.30. The standard InChI is InChI=1S/C24H25ClN4/c1-17-6-5-7-18(16-17)22-21-12-15-29(20-10-8-19(25)9-11-20)23(21)27-24(26-22)28-13-3-2-4-14-28/h5-11,16H,2-4,12-15H2,1H3. The van der Waals surface area contributed by atoms with E-state index in [1.54, 1.807) is 0 Å². The lowest BCUT2D eigenvalue weighted by Crippen LogP contribution is -2.31. The number of piperidine rings is 1. The fourth-order valence-corrected chi connectivity index (χ4v) is 4.51. The highest BCUT2D eigenvalue weighted by Gasteiger charge is 2.29. The lowest BCUT2D eigenvalue weighted by molar-refractivity contribution is 0.568. The summed E-state index contributed by atoms with van der Waals surface area (Å²) in [4.78, 5) is 14.8. The monoisotopic (exact) mass is 404 g/mol. The summed E-state index contributed by atoms with van der Waals surface area (Å²) in [6.45, 7) is 5.12. The van der Waals surface area contributed by atoms with E-state index in [0.29, 0.717) is 0 Å². The summed E-state index contributed by atoms with van der Waals surface area (Å²) in [6, 6.07) is 16.7. The zero-order chi connectivity index (χ0) is 19.8. The predicted octanol–water partition coefficient (Wildman–Crippen LogP) is 5.79. The molecule has 29 heavy (non-hydrogen) atoms. The van der Waals surface area contributed by atoms with Gasteiger partial charge in [-0.3, -0.25) is 0 Å². The van der Waals surface area contributed by atoms with Crippen LogP contribution < -0.4 is 9.80 Å². The topological polar surface area (TPSA) is 32.3 Å². The fourth-order valence-electron chi connectivity index (χ4n) is 4.38. The average Bonchev–Trinajstić information content (AvgIpc) is 3.18. The van der Waals surface area contributed by atoms with Crippen LogP contribution in [0, 0.1) is 6.92 Å². The lowest BCUT2D eigenvalue weighted by Gasteiger charge is -2.28. The molecule has 1 aromatic heterocycles. The van der Waals surface area contributed by atoms with E-state index < -0.39 is 0 Å². The number of aromatic nitrogens is 2. The summed E-state index contributed by atoms with van der Waals surface area (Å²) in [7, 11) is 0. The molecule has 0 radical (unpaired) electrons. The summed E-state index contributed by atoms with van der Waals surface area (Å²) >= 11 is 6.11. The van der Waals surface area contributed by atoms with Crippen molar-refractivity contribution in [2.75, 3.05) is 29.4 Å². The largest absolute Gasteiger partial charge is 0.341 e. The van der Waals surface area contributed by atoms with E-state index in [9.17, 15) is 0 Å². The van der Waals surface area contributed by atoms with Gasteiger partial charge in [-0.05, 0) is 62.9 Å². The fraction of sp³-hybridized carbons (Fsp3) is 0.333. The first-order valence-corrected chi connectivity index (χ1v) is 10.8. The Bertz CT molecular complexity index is 1030. The molecule has 3 aromatic rings. The molecule has 4 nitrogen and oxygen atoms in total. The number of rotatable bonds is 3. The molecule has 0 N–H and O–H groups in total. The summed E-state index contributed by atoms with van der Waals surface area (Å²) < 4.78 is 0. The Morgan fingerprint density at radius 2 is 1.69 bits per heavy atom. The van der Waals surface area contributed by atoms with Gasteiger partial charge in [-0.2, -0.15) is 4.98 Å². The summed E-state index contributed by atoms with van der Waals surface area (Å²) in [5.41, 5.74) is 5.88. The van der Waals surface area contributed by atoms with Crippen LogP contribution in [0.25, 0.3) is 11.3 Å². The van der Waals surface area contributed by atoms with Crippen LogP contribution in [-0.2, 0) is 6.42 Å². The first kappa shape index (κ1) is 18.4. The zero-order valence-corrected chi connectivity index (χ0v) is 17.5. The second-order valence-corrected chi connectivity index (χ2v) is 8.41. The van der Waals surface area contributed by atoms with Crippen LogP contribution in [0.5, 0.6) is 0 Å². The Morgan fingerprint density at radius 3 is 2.45 bits per heavy atom. The van der Waals surface area contributed by atoms with Gasteiger partial charge in [0, 0.05) is 41.5 Å². The summed E-state index contributed by atoms with van der Waals surface area (Å²) in [5.74, 6) is 1.90. The van der Waals surface area contributed by atoms with Crippen molar-refractivity contribution in [3.63, 3.8) is 0 Å². The van der Waals surface area contributed by atoms with Crippen molar-refractivity contribution >= 4 is 29.1 Å². The minimum Gasteiger partial charge on any atom is -0.341 e. The van der Waals surface area contributed by atoms with Crippen molar-refractivity contribution in [3.8, 4) is 11.3 Å². The van der Waals surface area contributed by atoms with Crippen LogP contribution in [-0.4, -0.2) is 29.6 Å². The molecular weight excluding hydrogens is 380 g/mol. The van der Waals surface area contributed by atoms with Gasteiger partial charge in [0.1, 0.15) is 5.82 Å². The lowest BCUT2D eigenvalue weighted by atomic mass is 10.0. The quantitative estimate of drug-likeness (QED) is 0.553. The average molecular weight is 405 g/mol. The predicted molar refractivity (Wildman–Crippen MR) is 120 cm³/mol. The van der Waals surface area contributed by atoms with Gasteiger partial charge in [-0.25, -0.2) is 4.98 Å². The van der Waals surface area contributed by atoms with Crippen LogP contribution >= 0.6 is 11.6 Å². The summed E-state index contributed by atoms with van der Waals surface area (Å²) in [6.07, 6.45) is 4.66. The number of benzene rings is 2. The first-order chi connectivity index (χ1) is 14.2. The zero-order valence-electron chi connectivity index (χ0n) is 16.7. The molecule has 0 spiro atoms. The van der Waals surface area contributed by atoms with Crippen molar-refractivity contribution in [1.82, 2.24) is 9.97 Å². The first-order valence-electron chi connectivity index (χ1n) is 10.4. The van der Waals surface area contributed by atoms with Crippen LogP contribution in [0.2, 0.25) is 5.02 Å². The number of anilines is 3. The maximum Gasteiger partial charge on any atom is 0.227 e. The van der Waals surface area contributed by atoms with E-state index in [1.165, 1.54) is 36.0 Å². The number of aryl methyl sites for hydroxylation is 1. The molecular formula is C24H25ClN4. The Labute approximate surface area is 177 Å². The highest BCUT2D eigenvalue weighted by Crippen LogP contribution is 2.39. The maximum absolute atomic E-state index is 6.11. The molecule has 1 fully saturated rings. The number of fused-ring (bicyclic) bond motifs is 1. The Kier molecular flexibility index (Phi) is 4.88. The van der Waals surface area contributed by atoms with Gasteiger partial charge in [0.25, 0.3) is 0 Å². The van der Waals surface area contributed by atoms with Crippen molar-refractivity contribution in [3.05, 3.63) is 64.7 Å². The third-order valence-corrected chi connectivity index (χ3v) is 6.14. The van der Waals surface area contributed by atoms with Gasteiger partial charge in [-0.15, -0.1) is 0 Å². The molecule has 0 aliphatic carbocycles. The second-order valence-electron chi connectivity index (χ2n) is 7.97. The molecule has 2 aliphatic rings. The molecule has 0 bridgehead atoms. The third kappa shape index (κ3) is 3.58. The number of hydrogen-bond donors (Lipinski definition) is 0. The second kappa shape index (κ2) is 7.68. The maximum atomic E-state index is 6.11. The van der Waals surface area contributed by atoms with Crippen LogP contribution in [0.3, 0.4) is 0 Å². The van der Waals surface area contributed by atoms with Gasteiger partial charge in [-0.1, -0.05) is 35.4 Å². The van der Waals surface area contributed by atoms with E-state index in [4.69, 9.17) is 21.6 Å². The van der Waals surface area contributed by atoms with Crippen LogP contribution in [0.4, 0.5) is 17.5 Å². The van der Waals surface area contributed by atoms with Gasteiger partial charge in [0.2, 0.25) is 5.95 Å². The Balaban J connectivity index is 1.64. The molecule has 2 aromatic carbocycles. The number of halogens is 1. The molecule has 2 aliphatic heterocycles. The third-order valence-electron chi connectivity index (χ3n) is 5.88. The molecule has 3 heterocycles. The number of hydrogen-bond acceptors (Lipinski definition) is 4. The molecule has 5 heteroatoms.